The largest absolute Gasteiger partial charge is 0.375 e. The van der Waals surface area contributed by atoms with Gasteiger partial charge in [-0.25, -0.2) is 9.97 Å². The Morgan fingerprint density at radius 3 is 1.67 bits per heavy atom. The van der Waals surface area contributed by atoms with Gasteiger partial charge >= 0.3 is 0 Å². The summed E-state index contributed by atoms with van der Waals surface area (Å²) in [5.74, 6) is 3.71. The molecule has 200 valence electrons. The zero-order chi connectivity index (χ0) is 26.1. The molecule has 2 N–H and O–H groups in total. The number of hydrogen-bond acceptors (Lipinski definition) is 7. The number of nitrogens with zero attached hydrogens (tertiary/aromatic N) is 8. The highest BCUT2D eigenvalue weighted by Crippen LogP contribution is 2.47. The molecule has 6 aromatic heterocycles. The molecule has 0 unspecified atom stereocenters. The summed E-state index contributed by atoms with van der Waals surface area (Å²) in [7, 11) is 0. The van der Waals surface area contributed by atoms with Crippen molar-refractivity contribution in [2.45, 2.75) is 76.4 Å². The molecule has 6 atom stereocenters. The molecular formula is C28H32N10O. The van der Waals surface area contributed by atoms with Crippen molar-refractivity contribution in [1.82, 2.24) is 49.1 Å². The van der Waals surface area contributed by atoms with Crippen molar-refractivity contribution in [3.8, 4) is 0 Å². The molecule has 0 radical (unpaired) electrons. The molecule has 0 aliphatic heterocycles. The second-order valence-corrected chi connectivity index (χ2v) is 11.3. The minimum atomic E-state index is 0.216. The number of fused-ring (bicyclic) bond motifs is 6. The Hall–Kier alpha value is -3.86. The van der Waals surface area contributed by atoms with Crippen LogP contribution in [0.15, 0.2) is 36.9 Å². The fourth-order valence-electron chi connectivity index (χ4n) is 7.45. The molecule has 0 amide bonds. The molecule has 0 spiro atoms. The van der Waals surface area contributed by atoms with E-state index in [4.69, 9.17) is 4.74 Å². The summed E-state index contributed by atoms with van der Waals surface area (Å²) in [6.07, 6.45) is 14.1. The predicted molar refractivity (Wildman–Crippen MR) is 145 cm³/mol. The van der Waals surface area contributed by atoms with Crippen LogP contribution in [0, 0.1) is 11.8 Å². The van der Waals surface area contributed by atoms with Crippen molar-refractivity contribution < 1.29 is 4.74 Å². The molecule has 2 aliphatic rings. The first-order valence-electron chi connectivity index (χ1n) is 14.2. The third kappa shape index (κ3) is 3.52. The summed E-state index contributed by atoms with van der Waals surface area (Å²) >= 11 is 0. The minimum absolute atomic E-state index is 0.216. The zero-order valence-electron chi connectivity index (χ0n) is 22.2. The summed E-state index contributed by atoms with van der Waals surface area (Å²) in [5, 5.41) is 18.3. The van der Waals surface area contributed by atoms with E-state index in [-0.39, 0.29) is 12.2 Å². The van der Waals surface area contributed by atoms with Crippen molar-refractivity contribution >= 4 is 33.6 Å². The monoisotopic (exact) mass is 524 g/mol. The Bertz CT molecular complexity index is 1670. The highest BCUT2D eigenvalue weighted by molar-refractivity contribution is 5.75. The standard InChI is InChI=1S/C28H32N10O/c1-3-15-9-17(11-19(15)27-35-33-23-13-31-25-21(37(23)27)5-7-29-25)39-18-10-16(4-2)20(12-18)28-36-34-24-14-32-26-22(38(24)28)6-8-30-26/h5-8,13-20,29-30H,3-4,9-12H2,1-2H3/t15-,16-,17+,18+,19+,20+/m1/s1. The number of aromatic nitrogens is 10. The number of nitrogens with one attached hydrogen (secondary N) is 2. The van der Waals surface area contributed by atoms with Crippen molar-refractivity contribution in [1.29, 1.82) is 0 Å². The Labute approximate surface area is 224 Å². The van der Waals surface area contributed by atoms with E-state index in [2.05, 4.69) is 75.1 Å². The van der Waals surface area contributed by atoms with Gasteiger partial charge < -0.3 is 14.7 Å². The van der Waals surface area contributed by atoms with Crippen LogP contribution in [0.4, 0.5) is 0 Å². The van der Waals surface area contributed by atoms with Gasteiger partial charge in [0, 0.05) is 24.2 Å². The first-order chi connectivity index (χ1) is 19.2. The van der Waals surface area contributed by atoms with Crippen molar-refractivity contribution in [2.24, 2.45) is 11.8 Å². The van der Waals surface area contributed by atoms with E-state index in [0.717, 1.165) is 83.8 Å². The lowest BCUT2D eigenvalue weighted by molar-refractivity contribution is -0.00877. The van der Waals surface area contributed by atoms with Crippen molar-refractivity contribution in [3.05, 3.63) is 48.6 Å². The molecule has 11 heteroatoms. The molecular weight excluding hydrogens is 492 g/mol. The van der Waals surface area contributed by atoms with Crippen LogP contribution in [0.1, 0.15) is 75.9 Å². The predicted octanol–water partition coefficient (Wildman–Crippen LogP) is 4.79. The molecule has 2 fully saturated rings. The molecule has 0 aromatic carbocycles. The summed E-state index contributed by atoms with van der Waals surface area (Å²) < 4.78 is 11.3. The summed E-state index contributed by atoms with van der Waals surface area (Å²) in [5.41, 5.74) is 5.38. The lowest BCUT2D eigenvalue weighted by atomic mass is 9.93. The van der Waals surface area contributed by atoms with Gasteiger partial charge in [0.05, 0.1) is 35.6 Å². The van der Waals surface area contributed by atoms with E-state index in [1.807, 2.05) is 12.4 Å². The van der Waals surface area contributed by atoms with Crippen LogP contribution in [0.5, 0.6) is 0 Å². The van der Waals surface area contributed by atoms with Crippen LogP contribution < -0.4 is 0 Å². The lowest BCUT2D eigenvalue weighted by Crippen LogP contribution is -2.18. The van der Waals surface area contributed by atoms with Gasteiger partial charge in [0.2, 0.25) is 0 Å². The molecule has 6 heterocycles. The van der Waals surface area contributed by atoms with Crippen LogP contribution >= 0.6 is 0 Å². The summed E-state index contributed by atoms with van der Waals surface area (Å²) in [6, 6.07) is 4.11. The van der Waals surface area contributed by atoms with Crippen LogP contribution in [-0.2, 0) is 4.74 Å². The number of ether oxygens (including phenoxy) is 1. The van der Waals surface area contributed by atoms with E-state index in [9.17, 15) is 0 Å². The van der Waals surface area contributed by atoms with Crippen molar-refractivity contribution in [3.63, 3.8) is 0 Å². The Balaban J connectivity index is 1.06. The third-order valence-electron chi connectivity index (χ3n) is 9.33. The van der Waals surface area contributed by atoms with Crippen LogP contribution in [0.2, 0.25) is 0 Å². The van der Waals surface area contributed by atoms with Crippen LogP contribution in [-0.4, -0.2) is 61.3 Å². The molecule has 6 aromatic rings. The quantitative estimate of drug-likeness (QED) is 0.321. The number of rotatable bonds is 6. The second-order valence-electron chi connectivity index (χ2n) is 11.3. The van der Waals surface area contributed by atoms with E-state index >= 15 is 0 Å². The van der Waals surface area contributed by atoms with Gasteiger partial charge in [0.1, 0.15) is 11.6 Å². The number of H-pyrrole nitrogens is 2. The maximum absolute atomic E-state index is 6.91. The van der Waals surface area contributed by atoms with Gasteiger partial charge in [0.25, 0.3) is 0 Å². The van der Waals surface area contributed by atoms with Gasteiger partial charge in [-0.05, 0) is 49.7 Å². The molecule has 2 aliphatic carbocycles. The average molecular weight is 525 g/mol. The normalized spacial score (nSPS) is 27.6. The second kappa shape index (κ2) is 8.84. The average Bonchev–Trinajstić information content (AvgIpc) is 3.78. The van der Waals surface area contributed by atoms with Crippen LogP contribution in [0.3, 0.4) is 0 Å². The zero-order valence-corrected chi connectivity index (χ0v) is 22.2. The summed E-state index contributed by atoms with van der Waals surface area (Å²) in [6.45, 7) is 4.56. The fourth-order valence-corrected chi connectivity index (χ4v) is 7.45. The topological polar surface area (TPSA) is 127 Å². The Morgan fingerprint density at radius 1 is 0.718 bits per heavy atom. The van der Waals surface area contributed by atoms with E-state index < -0.39 is 0 Å². The van der Waals surface area contributed by atoms with Gasteiger partial charge in [-0.1, -0.05) is 26.7 Å². The van der Waals surface area contributed by atoms with Gasteiger partial charge in [-0.15, -0.1) is 20.4 Å². The van der Waals surface area contributed by atoms with Crippen LogP contribution in [0.25, 0.3) is 33.6 Å². The van der Waals surface area contributed by atoms with Gasteiger partial charge in [-0.3, -0.25) is 8.80 Å². The molecule has 0 saturated heterocycles. The van der Waals surface area contributed by atoms with E-state index in [1.54, 1.807) is 12.4 Å². The smallest absolute Gasteiger partial charge is 0.179 e. The molecule has 8 rings (SSSR count). The SMILES string of the molecule is CC[C@@H]1C[C@H](O[C@H]2C[C@@H](CC)[C@@H](c3nnc4cnc5[nH]ccc5n34)C2)C[C@@H]1c1nnc2cnc3[nH]ccc3n12. The Kier molecular flexibility index (Phi) is 5.23. The first-order valence-corrected chi connectivity index (χ1v) is 14.2. The first kappa shape index (κ1) is 23.1. The highest BCUT2D eigenvalue weighted by atomic mass is 16.5. The maximum Gasteiger partial charge on any atom is 0.179 e. The molecule has 0 bridgehead atoms. The van der Waals surface area contributed by atoms with E-state index in [0.29, 0.717) is 23.7 Å². The molecule has 39 heavy (non-hydrogen) atoms. The van der Waals surface area contributed by atoms with Gasteiger partial charge in [-0.2, -0.15) is 0 Å². The molecule has 11 nitrogen and oxygen atoms in total. The number of hydrogen-bond donors (Lipinski definition) is 2. The molecule has 2 saturated carbocycles. The maximum atomic E-state index is 6.91. The number of aromatic amines is 2. The summed E-state index contributed by atoms with van der Waals surface area (Å²) in [4.78, 5) is 15.4. The van der Waals surface area contributed by atoms with Gasteiger partial charge in [0.15, 0.2) is 22.6 Å². The van der Waals surface area contributed by atoms with Crippen molar-refractivity contribution in [2.75, 3.05) is 0 Å². The third-order valence-corrected chi connectivity index (χ3v) is 9.33. The highest BCUT2D eigenvalue weighted by Gasteiger charge is 2.42. The van der Waals surface area contributed by atoms with E-state index in [1.165, 1.54) is 0 Å². The fraction of sp³-hybridized carbons (Fsp3) is 0.500. The Morgan fingerprint density at radius 2 is 1.21 bits per heavy atom. The minimum Gasteiger partial charge on any atom is -0.375 e. The lowest BCUT2D eigenvalue weighted by Gasteiger charge is -2.18.